The molecule has 0 heterocycles. The molecule has 1 nitrogen and oxygen atoms in total. The second kappa shape index (κ2) is 6.56. The normalized spacial score (nSPS) is 21.7. The van der Waals surface area contributed by atoms with Crippen molar-refractivity contribution in [3.05, 3.63) is 0 Å². The van der Waals surface area contributed by atoms with Crippen molar-refractivity contribution in [1.82, 2.24) is 0 Å². The third-order valence-corrected chi connectivity index (χ3v) is 11.2. The molecule has 108 valence electrons. The fourth-order valence-corrected chi connectivity index (χ4v) is 6.10. The lowest BCUT2D eigenvalue weighted by atomic mass is 10.0. The highest BCUT2D eigenvalue weighted by atomic mass is 28.3. The number of hydrogen-bond donors (Lipinski definition) is 0. The van der Waals surface area contributed by atoms with Gasteiger partial charge in [-0.1, -0.05) is 59.5 Å². The molecule has 0 aliphatic heterocycles. The number of rotatable bonds is 4. The first-order valence-electron chi connectivity index (χ1n) is 7.92. The lowest BCUT2D eigenvalue weighted by Gasteiger charge is -2.46. The summed E-state index contributed by atoms with van der Waals surface area (Å²) in [6, 6.07) is 0. The second-order valence-electron chi connectivity index (χ2n) is 7.60. The smallest absolute Gasteiger partial charge is 0.0872 e. The maximum absolute atomic E-state index is 6.29. The molecule has 18 heavy (non-hydrogen) atoms. The Morgan fingerprint density at radius 2 is 1.56 bits per heavy atom. The van der Waals surface area contributed by atoms with E-state index in [0.717, 1.165) is 12.5 Å². The quantitative estimate of drug-likeness (QED) is 0.490. The predicted molar refractivity (Wildman–Crippen MR) is 83.8 cm³/mol. The van der Waals surface area contributed by atoms with Crippen LogP contribution in [0.5, 0.6) is 0 Å². The molecule has 0 bridgehead atoms. The third-order valence-electron chi connectivity index (χ3n) is 5.32. The molecule has 0 amide bonds. The van der Waals surface area contributed by atoms with Crippen molar-refractivity contribution in [2.24, 2.45) is 5.92 Å². The van der Waals surface area contributed by atoms with Crippen LogP contribution in [0, 0.1) is 5.92 Å². The highest BCUT2D eigenvalue weighted by Gasteiger charge is 2.45. The Kier molecular flexibility index (Phi) is 5.92. The lowest BCUT2D eigenvalue weighted by Crippen LogP contribution is -2.54. The second-order valence-corrected chi connectivity index (χ2v) is 13.1. The Morgan fingerprint density at radius 3 is 1.94 bits per heavy atom. The first kappa shape index (κ1) is 16.2. The van der Waals surface area contributed by atoms with Crippen LogP contribution in [-0.2, 0) is 4.74 Å². The summed E-state index contributed by atoms with van der Waals surface area (Å²) in [4.78, 5) is 0. The van der Waals surface area contributed by atoms with E-state index in [1.807, 2.05) is 0 Å². The molecule has 0 spiro atoms. The van der Waals surface area contributed by atoms with Crippen LogP contribution in [0.15, 0.2) is 0 Å². The van der Waals surface area contributed by atoms with E-state index in [0.29, 0.717) is 10.8 Å². The van der Waals surface area contributed by atoms with Gasteiger partial charge in [0.05, 0.1) is 13.8 Å². The van der Waals surface area contributed by atoms with Crippen molar-refractivity contribution in [1.29, 1.82) is 0 Å². The van der Waals surface area contributed by atoms with Gasteiger partial charge in [-0.05, 0) is 30.7 Å². The van der Waals surface area contributed by atoms with E-state index in [4.69, 9.17) is 4.74 Å². The average molecular weight is 271 g/mol. The van der Waals surface area contributed by atoms with Gasteiger partial charge in [-0.2, -0.15) is 0 Å². The highest BCUT2D eigenvalue weighted by Crippen LogP contribution is 2.43. The van der Waals surface area contributed by atoms with E-state index in [2.05, 4.69) is 40.8 Å². The van der Waals surface area contributed by atoms with Gasteiger partial charge < -0.3 is 4.74 Å². The maximum atomic E-state index is 6.29. The molecule has 2 heteroatoms. The molecule has 1 aliphatic carbocycles. The molecule has 1 aliphatic rings. The third kappa shape index (κ3) is 3.83. The van der Waals surface area contributed by atoms with Crippen molar-refractivity contribution in [2.45, 2.75) is 90.1 Å². The van der Waals surface area contributed by atoms with Crippen LogP contribution < -0.4 is 0 Å². The minimum Gasteiger partial charge on any atom is -0.382 e. The van der Waals surface area contributed by atoms with Crippen LogP contribution >= 0.6 is 0 Å². The van der Waals surface area contributed by atoms with E-state index in [1.165, 1.54) is 38.5 Å². The first-order valence-corrected chi connectivity index (χ1v) is 11.0. The summed E-state index contributed by atoms with van der Waals surface area (Å²) < 4.78 is 6.29. The summed E-state index contributed by atoms with van der Waals surface area (Å²) >= 11 is 0. The van der Waals surface area contributed by atoms with Crippen LogP contribution in [0.1, 0.15) is 66.2 Å². The van der Waals surface area contributed by atoms with Crippen LogP contribution in [0.3, 0.4) is 0 Å². The van der Waals surface area contributed by atoms with Gasteiger partial charge in [0.1, 0.15) is 0 Å². The zero-order valence-corrected chi connectivity index (χ0v) is 14.5. The van der Waals surface area contributed by atoms with E-state index >= 15 is 0 Å². The topological polar surface area (TPSA) is 9.23 Å². The molecule has 0 aromatic carbocycles. The van der Waals surface area contributed by atoms with Crippen LogP contribution in [0.25, 0.3) is 0 Å². The van der Waals surface area contributed by atoms with Gasteiger partial charge in [-0.15, -0.1) is 0 Å². The summed E-state index contributed by atoms with van der Waals surface area (Å²) in [5.41, 5.74) is 0.556. The summed E-state index contributed by atoms with van der Waals surface area (Å²) in [6.45, 7) is 15.4. The molecular weight excluding hydrogens is 236 g/mol. The fraction of sp³-hybridized carbons (Fsp3) is 1.00. The Labute approximate surface area is 116 Å². The van der Waals surface area contributed by atoms with Crippen molar-refractivity contribution < 1.29 is 4.74 Å². The monoisotopic (exact) mass is 270 g/mol. The van der Waals surface area contributed by atoms with E-state index in [-0.39, 0.29) is 0 Å². The first-order chi connectivity index (χ1) is 8.30. The minimum atomic E-state index is -1.39. The highest BCUT2D eigenvalue weighted by molar-refractivity contribution is 6.81. The predicted octanol–water partition coefficient (Wildman–Crippen LogP) is 5.41. The van der Waals surface area contributed by atoms with E-state index < -0.39 is 8.07 Å². The van der Waals surface area contributed by atoms with E-state index in [9.17, 15) is 0 Å². The molecule has 1 atom stereocenters. The Hall–Kier alpha value is 0.177. The number of hydrogen-bond acceptors (Lipinski definition) is 1. The van der Waals surface area contributed by atoms with Gasteiger partial charge in [0, 0.05) is 6.61 Å². The Bertz CT molecular complexity index is 234. The van der Waals surface area contributed by atoms with Gasteiger partial charge in [-0.3, -0.25) is 0 Å². The van der Waals surface area contributed by atoms with Crippen molar-refractivity contribution in [3.63, 3.8) is 0 Å². The molecule has 0 aromatic heterocycles. The zero-order valence-electron chi connectivity index (χ0n) is 13.5. The molecule has 0 saturated heterocycles. The largest absolute Gasteiger partial charge is 0.382 e. The average Bonchev–Trinajstić information content (AvgIpc) is 2.52. The maximum Gasteiger partial charge on any atom is 0.0872 e. The summed E-state index contributed by atoms with van der Waals surface area (Å²) in [6.07, 6.45) is 8.51. The van der Waals surface area contributed by atoms with Crippen LogP contribution in [0.2, 0.25) is 18.1 Å². The van der Waals surface area contributed by atoms with Crippen LogP contribution in [-0.4, -0.2) is 20.4 Å². The number of ether oxygens (including phenoxy) is 1. The van der Waals surface area contributed by atoms with Gasteiger partial charge in [0.15, 0.2) is 0 Å². The molecule has 1 rings (SSSR count). The van der Waals surface area contributed by atoms with Crippen molar-refractivity contribution >= 4 is 8.07 Å². The SMILES string of the molecule is CCOC(C1CCCCCC1)[Si](C)(C)C(C)(C)C. The van der Waals surface area contributed by atoms with Crippen molar-refractivity contribution in [2.75, 3.05) is 6.61 Å². The van der Waals surface area contributed by atoms with Crippen LogP contribution in [0.4, 0.5) is 0 Å². The van der Waals surface area contributed by atoms with Crippen molar-refractivity contribution in [3.8, 4) is 0 Å². The molecule has 1 fully saturated rings. The van der Waals surface area contributed by atoms with Gasteiger partial charge in [0.2, 0.25) is 0 Å². The molecule has 1 unspecified atom stereocenters. The minimum absolute atomic E-state index is 0.430. The standard InChI is InChI=1S/C16H34OSi/c1-7-17-15(18(5,6)16(2,3)4)14-12-10-8-9-11-13-14/h14-15H,7-13H2,1-6H3. The van der Waals surface area contributed by atoms with E-state index in [1.54, 1.807) is 0 Å². The fourth-order valence-electron chi connectivity index (χ4n) is 3.15. The molecular formula is C16H34OSi. The summed E-state index contributed by atoms with van der Waals surface area (Å²) in [5, 5.41) is 0.430. The molecule has 1 saturated carbocycles. The molecule has 0 radical (unpaired) electrons. The Morgan fingerprint density at radius 1 is 1.06 bits per heavy atom. The summed E-state index contributed by atoms with van der Waals surface area (Å²) in [7, 11) is -1.39. The van der Waals surface area contributed by atoms with Gasteiger partial charge in [0.25, 0.3) is 0 Å². The zero-order chi connectivity index (χ0) is 13.8. The van der Waals surface area contributed by atoms with Gasteiger partial charge in [-0.25, -0.2) is 0 Å². The Balaban J connectivity index is 2.86. The van der Waals surface area contributed by atoms with Gasteiger partial charge >= 0.3 is 0 Å². The summed E-state index contributed by atoms with van der Waals surface area (Å²) in [5.74, 6) is 0.827. The molecule has 0 N–H and O–H groups in total. The lowest BCUT2D eigenvalue weighted by molar-refractivity contribution is 0.0603. The molecule has 0 aromatic rings.